The quantitative estimate of drug-likeness (QED) is 0.832. The molecule has 1 heterocycles. The Morgan fingerprint density at radius 3 is 2.65 bits per heavy atom. The van der Waals surface area contributed by atoms with E-state index in [2.05, 4.69) is 53.9 Å². The van der Waals surface area contributed by atoms with E-state index in [0.717, 1.165) is 13.1 Å². The second-order valence-corrected chi connectivity index (χ2v) is 5.12. The van der Waals surface area contributed by atoms with Crippen molar-refractivity contribution in [3.63, 3.8) is 0 Å². The van der Waals surface area contributed by atoms with Crippen molar-refractivity contribution in [2.75, 3.05) is 32.5 Å². The molecular weight excluding hydrogens is 210 g/mol. The van der Waals surface area contributed by atoms with E-state index in [1.165, 1.54) is 30.6 Å². The largest absolute Gasteiger partial charge is 0.381 e. The number of anilines is 1. The average molecular weight is 233 g/mol. The van der Waals surface area contributed by atoms with Crippen LogP contribution in [0, 0.1) is 0 Å². The number of benzene rings is 1. The number of hydrogen-bond acceptors (Lipinski definition) is 3. The second-order valence-electron chi connectivity index (χ2n) is 5.12. The van der Waals surface area contributed by atoms with Crippen molar-refractivity contribution in [1.82, 2.24) is 10.2 Å². The molecule has 1 unspecified atom stereocenters. The van der Waals surface area contributed by atoms with Crippen LogP contribution in [0.15, 0.2) is 24.3 Å². The molecule has 1 aromatic carbocycles. The maximum atomic E-state index is 3.59. The maximum absolute atomic E-state index is 3.59. The molecule has 1 atom stereocenters. The number of rotatable bonds is 4. The first kappa shape index (κ1) is 12.4. The minimum atomic E-state index is 0.587. The van der Waals surface area contributed by atoms with Crippen LogP contribution in [0.4, 0.5) is 5.69 Å². The van der Waals surface area contributed by atoms with Crippen LogP contribution >= 0.6 is 0 Å². The molecular formula is C14H23N3. The molecule has 1 fully saturated rings. The zero-order valence-corrected chi connectivity index (χ0v) is 10.9. The van der Waals surface area contributed by atoms with Crippen LogP contribution in [-0.4, -0.2) is 38.1 Å². The van der Waals surface area contributed by atoms with Gasteiger partial charge < -0.3 is 15.5 Å². The predicted molar refractivity (Wildman–Crippen MR) is 73.3 cm³/mol. The first-order chi connectivity index (χ1) is 8.24. The Kier molecular flexibility index (Phi) is 4.40. The molecule has 0 aromatic heterocycles. The lowest BCUT2D eigenvalue weighted by molar-refractivity contribution is 0.402. The fourth-order valence-electron chi connectivity index (χ4n) is 2.28. The van der Waals surface area contributed by atoms with Crippen molar-refractivity contribution in [1.29, 1.82) is 0 Å². The number of piperidine rings is 1. The van der Waals surface area contributed by atoms with Crippen LogP contribution in [0.2, 0.25) is 0 Å². The van der Waals surface area contributed by atoms with Gasteiger partial charge in [-0.1, -0.05) is 12.1 Å². The first-order valence-electron chi connectivity index (χ1n) is 6.45. The molecule has 1 saturated heterocycles. The lowest BCUT2D eigenvalue weighted by Crippen LogP contribution is -2.38. The van der Waals surface area contributed by atoms with Crippen LogP contribution < -0.4 is 10.6 Å². The van der Waals surface area contributed by atoms with E-state index in [-0.39, 0.29) is 0 Å². The Morgan fingerprint density at radius 2 is 2.06 bits per heavy atom. The van der Waals surface area contributed by atoms with Crippen molar-refractivity contribution in [2.45, 2.75) is 25.4 Å². The van der Waals surface area contributed by atoms with Crippen molar-refractivity contribution < 1.29 is 0 Å². The summed E-state index contributed by atoms with van der Waals surface area (Å²) in [6.45, 7) is 3.25. The van der Waals surface area contributed by atoms with Gasteiger partial charge in [-0.15, -0.1) is 0 Å². The molecule has 17 heavy (non-hydrogen) atoms. The summed E-state index contributed by atoms with van der Waals surface area (Å²) in [6.07, 6.45) is 2.54. The summed E-state index contributed by atoms with van der Waals surface area (Å²) in [5.74, 6) is 0. The monoisotopic (exact) mass is 233 g/mol. The Hall–Kier alpha value is -1.06. The van der Waals surface area contributed by atoms with Crippen LogP contribution in [0.5, 0.6) is 0 Å². The summed E-state index contributed by atoms with van der Waals surface area (Å²) in [5.41, 5.74) is 2.60. The van der Waals surface area contributed by atoms with Crippen LogP contribution in [0.1, 0.15) is 18.4 Å². The summed E-state index contributed by atoms with van der Waals surface area (Å²) < 4.78 is 0. The summed E-state index contributed by atoms with van der Waals surface area (Å²) in [6, 6.07) is 9.38. The fourth-order valence-corrected chi connectivity index (χ4v) is 2.28. The Bertz CT molecular complexity index is 326. The zero-order valence-electron chi connectivity index (χ0n) is 10.9. The molecule has 2 N–H and O–H groups in total. The van der Waals surface area contributed by atoms with E-state index >= 15 is 0 Å². The summed E-state index contributed by atoms with van der Waals surface area (Å²) in [7, 11) is 4.19. The molecule has 3 heteroatoms. The van der Waals surface area contributed by atoms with Gasteiger partial charge in [-0.2, -0.15) is 0 Å². The van der Waals surface area contributed by atoms with Gasteiger partial charge in [0.1, 0.15) is 0 Å². The smallest absolute Gasteiger partial charge is 0.0386 e. The molecule has 2 rings (SSSR count). The number of hydrogen-bond donors (Lipinski definition) is 2. The Labute approximate surface area is 104 Å². The molecule has 0 bridgehead atoms. The number of nitrogens with zero attached hydrogens (tertiary/aromatic N) is 1. The fraction of sp³-hybridized carbons (Fsp3) is 0.571. The van der Waals surface area contributed by atoms with Gasteiger partial charge >= 0.3 is 0 Å². The summed E-state index contributed by atoms with van der Waals surface area (Å²) >= 11 is 0. The lowest BCUT2D eigenvalue weighted by Gasteiger charge is -2.25. The SMILES string of the molecule is CN(C)Cc1ccc(NC2CCCNC2)cc1. The standard InChI is InChI=1S/C14H23N3/c1-17(2)11-12-5-7-13(8-6-12)16-14-4-3-9-15-10-14/h5-8,14-16H,3-4,9-11H2,1-2H3. The Morgan fingerprint density at radius 1 is 1.29 bits per heavy atom. The van der Waals surface area contributed by atoms with E-state index < -0.39 is 0 Å². The predicted octanol–water partition coefficient (Wildman–Crippen LogP) is 1.91. The molecule has 0 radical (unpaired) electrons. The lowest BCUT2D eigenvalue weighted by atomic mass is 10.1. The van der Waals surface area contributed by atoms with Gasteiger partial charge in [0.25, 0.3) is 0 Å². The highest BCUT2D eigenvalue weighted by Gasteiger charge is 2.11. The first-order valence-corrected chi connectivity index (χ1v) is 6.45. The molecule has 0 amide bonds. The van der Waals surface area contributed by atoms with Gasteiger partial charge in [0.2, 0.25) is 0 Å². The van der Waals surface area contributed by atoms with Gasteiger partial charge in [-0.25, -0.2) is 0 Å². The molecule has 0 saturated carbocycles. The van der Waals surface area contributed by atoms with Crippen LogP contribution in [0.3, 0.4) is 0 Å². The number of nitrogens with one attached hydrogen (secondary N) is 2. The van der Waals surface area contributed by atoms with Crippen molar-refractivity contribution >= 4 is 5.69 Å². The van der Waals surface area contributed by atoms with Gasteiger partial charge in [0, 0.05) is 24.8 Å². The minimum absolute atomic E-state index is 0.587. The molecule has 3 nitrogen and oxygen atoms in total. The highest BCUT2D eigenvalue weighted by molar-refractivity contribution is 5.45. The summed E-state index contributed by atoms with van der Waals surface area (Å²) in [5, 5.41) is 7.01. The van der Waals surface area contributed by atoms with Gasteiger partial charge in [-0.3, -0.25) is 0 Å². The molecule has 0 aliphatic carbocycles. The third-order valence-corrected chi connectivity index (χ3v) is 3.12. The molecule has 94 valence electrons. The third kappa shape index (κ3) is 4.02. The normalized spacial score (nSPS) is 20.5. The van der Waals surface area contributed by atoms with E-state index in [1.807, 2.05) is 0 Å². The van der Waals surface area contributed by atoms with Gasteiger partial charge in [0.15, 0.2) is 0 Å². The van der Waals surface area contributed by atoms with Crippen LogP contribution in [-0.2, 0) is 6.54 Å². The highest BCUT2D eigenvalue weighted by atomic mass is 15.0. The molecule has 1 aromatic rings. The second kappa shape index (κ2) is 6.03. The van der Waals surface area contributed by atoms with E-state index in [4.69, 9.17) is 0 Å². The highest BCUT2D eigenvalue weighted by Crippen LogP contribution is 2.14. The zero-order chi connectivity index (χ0) is 12.1. The topological polar surface area (TPSA) is 27.3 Å². The van der Waals surface area contributed by atoms with Gasteiger partial charge in [0.05, 0.1) is 0 Å². The van der Waals surface area contributed by atoms with Gasteiger partial charge in [-0.05, 0) is 51.2 Å². The summed E-state index contributed by atoms with van der Waals surface area (Å²) in [4.78, 5) is 2.19. The molecule has 1 aliphatic rings. The Balaban J connectivity index is 1.88. The molecule has 1 aliphatic heterocycles. The minimum Gasteiger partial charge on any atom is -0.381 e. The third-order valence-electron chi connectivity index (χ3n) is 3.12. The average Bonchev–Trinajstić information content (AvgIpc) is 2.32. The van der Waals surface area contributed by atoms with Crippen molar-refractivity contribution in [2.24, 2.45) is 0 Å². The van der Waals surface area contributed by atoms with Crippen molar-refractivity contribution in [3.8, 4) is 0 Å². The van der Waals surface area contributed by atoms with Crippen molar-refractivity contribution in [3.05, 3.63) is 29.8 Å². The molecule has 0 spiro atoms. The van der Waals surface area contributed by atoms with Crippen LogP contribution in [0.25, 0.3) is 0 Å². The van der Waals surface area contributed by atoms with E-state index in [1.54, 1.807) is 0 Å². The maximum Gasteiger partial charge on any atom is 0.0386 e. The van der Waals surface area contributed by atoms with E-state index in [9.17, 15) is 0 Å². The van der Waals surface area contributed by atoms with E-state index in [0.29, 0.717) is 6.04 Å².